The molecular formula is C15H30N2O2. The van der Waals surface area contributed by atoms with Crippen LogP contribution in [-0.2, 0) is 0 Å². The first kappa shape index (κ1) is 16.3. The molecule has 1 aliphatic carbocycles. The fraction of sp³-hybridized carbons (Fsp3) is 0.933. The Labute approximate surface area is 117 Å². The summed E-state index contributed by atoms with van der Waals surface area (Å²) in [4.78, 5) is 13.3. The molecule has 0 heterocycles. The molecule has 1 aliphatic rings. The second-order valence-corrected chi connectivity index (χ2v) is 6.55. The van der Waals surface area contributed by atoms with Gasteiger partial charge in [-0.05, 0) is 26.2 Å². The van der Waals surface area contributed by atoms with E-state index in [1.807, 2.05) is 0 Å². The minimum atomic E-state index is -0.839. The number of aliphatic hydroxyl groups is 1. The van der Waals surface area contributed by atoms with Crippen molar-refractivity contribution in [3.05, 3.63) is 0 Å². The minimum absolute atomic E-state index is 0.0945. The van der Waals surface area contributed by atoms with Crippen LogP contribution in [0.25, 0.3) is 0 Å². The molecule has 0 radical (unpaired) electrons. The third-order valence-corrected chi connectivity index (χ3v) is 3.76. The van der Waals surface area contributed by atoms with E-state index in [-0.39, 0.29) is 6.03 Å². The zero-order chi connectivity index (χ0) is 14.3. The lowest BCUT2D eigenvalue weighted by atomic mass is 10.0. The van der Waals surface area contributed by atoms with Crippen molar-refractivity contribution in [3.63, 3.8) is 0 Å². The quantitative estimate of drug-likeness (QED) is 0.699. The van der Waals surface area contributed by atoms with E-state index in [0.29, 0.717) is 6.54 Å². The van der Waals surface area contributed by atoms with E-state index in [2.05, 4.69) is 5.32 Å². The zero-order valence-electron chi connectivity index (χ0n) is 12.7. The highest BCUT2D eigenvalue weighted by atomic mass is 16.3. The molecule has 0 atom stereocenters. The third-order valence-electron chi connectivity index (χ3n) is 3.76. The lowest BCUT2D eigenvalue weighted by molar-refractivity contribution is 0.0532. The monoisotopic (exact) mass is 270 g/mol. The first-order valence-electron chi connectivity index (χ1n) is 7.60. The molecule has 1 saturated carbocycles. The minimum Gasteiger partial charge on any atom is -0.389 e. The molecule has 112 valence electrons. The molecule has 0 unspecified atom stereocenters. The van der Waals surface area contributed by atoms with Crippen molar-refractivity contribution in [2.75, 3.05) is 20.1 Å². The number of carbonyl (C=O) groups is 1. The maximum atomic E-state index is 11.7. The number of likely N-dealkylation sites (N-methyl/N-ethyl adjacent to an activating group) is 1. The molecule has 2 amide bonds. The number of carbonyl (C=O) groups excluding carboxylic acids is 1. The fourth-order valence-electron chi connectivity index (χ4n) is 2.84. The van der Waals surface area contributed by atoms with Gasteiger partial charge in [0.05, 0.1) is 12.1 Å². The number of amides is 2. The highest BCUT2D eigenvalue weighted by Gasteiger charge is 2.19. The summed E-state index contributed by atoms with van der Waals surface area (Å²) in [7, 11) is 1.71. The number of urea groups is 1. The smallest absolute Gasteiger partial charge is 0.317 e. The number of nitrogens with zero attached hydrogens (tertiary/aromatic N) is 1. The molecule has 4 nitrogen and oxygen atoms in total. The molecule has 0 aromatic carbocycles. The van der Waals surface area contributed by atoms with Crippen LogP contribution in [0.4, 0.5) is 4.79 Å². The average Bonchev–Trinajstić information content (AvgIpc) is 2.79. The number of hydrogen-bond donors (Lipinski definition) is 2. The van der Waals surface area contributed by atoms with Crippen molar-refractivity contribution in [1.29, 1.82) is 0 Å². The van der Waals surface area contributed by atoms with Crippen LogP contribution < -0.4 is 5.32 Å². The second-order valence-electron chi connectivity index (χ2n) is 6.55. The highest BCUT2D eigenvalue weighted by Crippen LogP contribution is 2.28. The van der Waals surface area contributed by atoms with Crippen LogP contribution in [0.5, 0.6) is 0 Å². The summed E-state index contributed by atoms with van der Waals surface area (Å²) >= 11 is 0. The van der Waals surface area contributed by atoms with Gasteiger partial charge in [0.2, 0.25) is 0 Å². The van der Waals surface area contributed by atoms with Gasteiger partial charge in [0.25, 0.3) is 0 Å². The molecular weight excluding hydrogens is 240 g/mol. The van der Waals surface area contributed by atoms with Gasteiger partial charge in [0, 0.05) is 13.6 Å². The average molecular weight is 270 g/mol. The van der Waals surface area contributed by atoms with Crippen LogP contribution in [0.15, 0.2) is 0 Å². The lowest BCUT2D eigenvalue weighted by Crippen LogP contribution is -2.44. The molecule has 0 saturated heterocycles. The summed E-state index contributed by atoms with van der Waals surface area (Å²) < 4.78 is 0. The van der Waals surface area contributed by atoms with Crippen LogP contribution in [0.3, 0.4) is 0 Å². The molecule has 1 fully saturated rings. The van der Waals surface area contributed by atoms with E-state index < -0.39 is 5.60 Å². The molecule has 0 bridgehead atoms. The SMILES string of the molecule is CN(CC(C)(C)O)C(=O)NCCCCC1CCCC1. The van der Waals surface area contributed by atoms with Gasteiger partial charge in [-0.25, -0.2) is 4.79 Å². The van der Waals surface area contributed by atoms with Crippen LogP contribution >= 0.6 is 0 Å². The van der Waals surface area contributed by atoms with E-state index >= 15 is 0 Å². The van der Waals surface area contributed by atoms with Gasteiger partial charge >= 0.3 is 6.03 Å². The van der Waals surface area contributed by atoms with Crippen LogP contribution in [0.2, 0.25) is 0 Å². The molecule has 2 N–H and O–H groups in total. The van der Waals surface area contributed by atoms with E-state index in [1.54, 1.807) is 20.9 Å². The summed E-state index contributed by atoms with van der Waals surface area (Å²) in [6, 6.07) is -0.0945. The van der Waals surface area contributed by atoms with Crippen LogP contribution in [0.1, 0.15) is 58.8 Å². The molecule has 1 rings (SSSR count). The Morgan fingerprint density at radius 1 is 1.32 bits per heavy atom. The van der Waals surface area contributed by atoms with E-state index in [0.717, 1.165) is 18.9 Å². The summed E-state index contributed by atoms with van der Waals surface area (Å²) in [6.45, 7) is 4.50. The summed E-state index contributed by atoms with van der Waals surface area (Å²) in [5.74, 6) is 0.938. The van der Waals surface area contributed by atoms with E-state index in [9.17, 15) is 9.90 Å². The summed E-state index contributed by atoms with van der Waals surface area (Å²) in [5.41, 5.74) is -0.839. The Balaban J connectivity index is 2.03. The predicted octanol–water partition coefficient (Wildman–Crippen LogP) is 2.76. The lowest BCUT2D eigenvalue weighted by Gasteiger charge is -2.25. The summed E-state index contributed by atoms with van der Waals surface area (Å²) in [6.07, 6.45) is 9.20. The Hall–Kier alpha value is -0.770. The Morgan fingerprint density at radius 3 is 2.53 bits per heavy atom. The molecule has 19 heavy (non-hydrogen) atoms. The number of rotatable bonds is 7. The Kier molecular flexibility index (Phi) is 6.63. The Bertz CT molecular complexity index is 268. The van der Waals surface area contributed by atoms with Crippen molar-refractivity contribution in [2.24, 2.45) is 5.92 Å². The highest BCUT2D eigenvalue weighted by molar-refractivity contribution is 5.73. The standard InChI is InChI=1S/C15H30N2O2/c1-15(2,19)12-17(3)14(18)16-11-7-6-10-13-8-4-5-9-13/h13,19H,4-12H2,1-3H3,(H,16,18). The van der Waals surface area contributed by atoms with Gasteiger partial charge in [0.15, 0.2) is 0 Å². The topological polar surface area (TPSA) is 52.6 Å². The summed E-state index contributed by atoms with van der Waals surface area (Å²) in [5, 5.41) is 12.6. The van der Waals surface area contributed by atoms with Gasteiger partial charge < -0.3 is 15.3 Å². The van der Waals surface area contributed by atoms with Crippen molar-refractivity contribution < 1.29 is 9.90 Å². The van der Waals surface area contributed by atoms with E-state index in [1.165, 1.54) is 43.4 Å². The van der Waals surface area contributed by atoms with E-state index in [4.69, 9.17) is 0 Å². The first-order chi connectivity index (χ1) is 8.88. The molecule has 0 aromatic rings. The van der Waals surface area contributed by atoms with Gasteiger partial charge in [-0.3, -0.25) is 0 Å². The fourth-order valence-corrected chi connectivity index (χ4v) is 2.84. The van der Waals surface area contributed by atoms with Crippen LogP contribution in [0, 0.1) is 5.92 Å². The zero-order valence-corrected chi connectivity index (χ0v) is 12.7. The second kappa shape index (κ2) is 7.73. The Morgan fingerprint density at radius 2 is 1.95 bits per heavy atom. The van der Waals surface area contributed by atoms with Crippen molar-refractivity contribution in [3.8, 4) is 0 Å². The van der Waals surface area contributed by atoms with Crippen molar-refractivity contribution in [2.45, 2.75) is 64.4 Å². The normalized spacial score (nSPS) is 16.6. The molecule has 0 aliphatic heterocycles. The largest absolute Gasteiger partial charge is 0.389 e. The van der Waals surface area contributed by atoms with Crippen molar-refractivity contribution >= 4 is 6.03 Å². The number of nitrogens with one attached hydrogen (secondary N) is 1. The first-order valence-corrected chi connectivity index (χ1v) is 7.60. The molecule has 4 heteroatoms. The number of unbranched alkanes of at least 4 members (excludes halogenated alkanes) is 1. The maximum Gasteiger partial charge on any atom is 0.317 e. The molecule has 0 spiro atoms. The number of hydrogen-bond acceptors (Lipinski definition) is 2. The van der Waals surface area contributed by atoms with Crippen LogP contribution in [-0.4, -0.2) is 41.8 Å². The third kappa shape index (κ3) is 7.41. The van der Waals surface area contributed by atoms with Gasteiger partial charge in [-0.2, -0.15) is 0 Å². The van der Waals surface area contributed by atoms with Crippen molar-refractivity contribution in [1.82, 2.24) is 10.2 Å². The molecule has 0 aromatic heterocycles. The van der Waals surface area contributed by atoms with Gasteiger partial charge in [-0.1, -0.05) is 38.5 Å². The van der Waals surface area contributed by atoms with Gasteiger partial charge in [-0.15, -0.1) is 0 Å². The van der Waals surface area contributed by atoms with Gasteiger partial charge in [0.1, 0.15) is 0 Å². The predicted molar refractivity (Wildman–Crippen MR) is 78.1 cm³/mol. The maximum absolute atomic E-state index is 11.7.